The summed E-state index contributed by atoms with van der Waals surface area (Å²) in [5, 5.41) is 3.16. The average Bonchev–Trinajstić information content (AvgIpc) is 2.64. The van der Waals surface area contributed by atoms with Gasteiger partial charge in [0.2, 0.25) is 5.91 Å². The maximum atomic E-state index is 12.5. The van der Waals surface area contributed by atoms with Crippen molar-refractivity contribution in [2.75, 3.05) is 0 Å². The van der Waals surface area contributed by atoms with Crippen LogP contribution in [0.3, 0.4) is 0 Å². The smallest absolute Gasteiger partial charge is 0.254 e. The molecule has 1 aliphatic rings. The molecule has 27 heavy (non-hydrogen) atoms. The van der Waals surface area contributed by atoms with Gasteiger partial charge < -0.3 is 10.3 Å². The van der Waals surface area contributed by atoms with E-state index in [1.54, 1.807) is 0 Å². The fraction of sp³-hybridized carbons (Fsp3) is 0.500. The summed E-state index contributed by atoms with van der Waals surface area (Å²) in [5.41, 5.74) is 2.02. The first-order valence-corrected chi connectivity index (χ1v) is 10.1. The Hall–Kier alpha value is -2.43. The molecule has 5 heteroatoms. The molecule has 5 nitrogen and oxygen atoms in total. The van der Waals surface area contributed by atoms with Crippen molar-refractivity contribution in [1.82, 2.24) is 15.3 Å². The monoisotopic (exact) mass is 367 g/mol. The maximum Gasteiger partial charge on any atom is 0.254 e. The van der Waals surface area contributed by atoms with Crippen LogP contribution in [0.2, 0.25) is 0 Å². The van der Waals surface area contributed by atoms with Crippen molar-refractivity contribution in [2.24, 2.45) is 0 Å². The van der Waals surface area contributed by atoms with Gasteiger partial charge in [0.15, 0.2) is 0 Å². The number of carbonyl (C=O) groups excluding carboxylic acids is 1. The zero-order valence-corrected chi connectivity index (χ0v) is 16.1. The number of hydrogen-bond donors (Lipinski definition) is 2. The molecule has 1 aromatic heterocycles. The van der Waals surface area contributed by atoms with Crippen molar-refractivity contribution in [3.8, 4) is 11.4 Å². The first-order valence-electron chi connectivity index (χ1n) is 10.1. The summed E-state index contributed by atoms with van der Waals surface area (Å²) in [6, 6.07) is 9.88. The fourth-order valence-corrected chi connectivity index (χ4v) is 3.78. The third kappa shape index (κ3) is 5.52. The van der Waals surface area contributed by atoms with Crippen LogP contribution >= 0.6 is 0 Å². The number of nitrogens with zero attached hydrogens (tertiary/aromatic N) is 1. The molecule has 0 bridgehead atoms. The van der Waals surface area contributed by atoms with E-state index >= 15 is 0 Å². The van der Waals surface area contributed by atoms with Crippen LogP contribution in [0.4, 0.5) is 0 Å². The molecule has 1 aromatic carbocycles. The highest BCUT2D eigenvalue weighted by atomic mass is 16.1. The Morgan fingerprint density at radius 2 is 1.78 bits per heavy atom. The third-order valence-corrected chi connectivity index (χ3v) is 5.34. The van der Waals surface area contributed by atoms with Gasteiger partial charge in [0, 0.05) is 29.3 Å². The first-order chi connectivity index (χ1) is 13.1. The predicted molar refractivity (Wildman–Crippen MR) is 108 cm³/mol. The Labute approximate surface area is 160 Å². The average molecular weight is 367 g/mol. The van der Waals surface area contributed by atoms with Crippen LogP contribution in [-0.2, 0) is 11.2 Å². The number of rotatable bonds is 5. The minimum atomic E-state index is -0.153. The molecule has 0 unspecified atom stereocenters. The SMILES string of the molecule is Cc1nc(-c2ccccc2)[nH]c(=O)c1CCC(=O)NC1CCCCCCC1. The van der Waals surface area contributed by atoms with Gasteiger partial charge in [0.05, 0.1) is 0 Å². The summed E-state index contributed by atoms with van der Waals surface area (Å²) in [5.74, 6) is 0.604. The Morgan fingerprint density at radius 1 is 1.11 bits per heavy atom. The summed E-state index contributed by atoms with van der Waals surface area (Å²) in [4.78, 5) is 32.2. The molecule has 2 aromatic rings. The van der Waals surface area contributed by atoms with Crippen molar-refractivity contribution < 1.29 is 4.79 Å². The molecule has 1 saturated carbocycles. The normalized spacial score (nSPS) is 15.7. The molecule has 0 saturated heterocycles. The number of aromatic amines is 1. The molecule has 144 valence electrons. The molecule has 1 amide bonds. The number of hydrogen-bond acceptors (Lipinski definition) is 3. The molecule has 1 aliphatic carbocycles. The number of amides is 1. The van der Waals surface area contributed by atoms with Gasteiger partial charge in [-0.25, -0.2) is 4.98 Å². The minimum absolute atomic E-state index is 0.0338. The number of carbonyl (C=O) groups is 1. The van der Waals surface area contributed by atoms with Crippen LogP contribution in [0, 0.1) is 6.92 Å². The molecular formula is C22H29N3O2. The predicted octanol–water partition coefficient (Wildman–Crippen LogP) is 3.91. The van der Waals surface area contributed by atoms with Crippen LogP contribution < -0.4 is 10.9 Å². The van der Waals surface area contributed by atoms with Crippen LogP contribution in [0.1, 0.15) is 62.6 Å². The second-order valence-electron chi connectivity index (χ2n) is 7.45. The summed E-state index contributed by atoms with van der Waals surface area (Å²) in [6.07, 6.45) is 9.10. The lowest BCUT2D eigenvalue weighted by molar-refractivity contribution is -0.121. The topological polar surface area (TPSA) is 74.8 Å². The van der Waals surface area contributed by atoms with Crippen molar-refractivity contribution in [3.05, 3.63) is 51.9 Å². The molecule has 1 heterocycles. The standard InChI is InChI=1S/C22H29N3O2/c1-16-19(22(27)25-21(23-16)17-10-6-5-7-11-17)14-15-20(26)24-18-12-8-3-2-4-9-13-18/h5-7,10-11,18H,2-4,8-9,12-15H2,1H3,(H,24,26)(H,23,25,27). The van der Waals surface area contributed by atoms with E-state index in [-0.39, 0.29) is 17.5 Å². The maximum absolute atomic E-state index is 12.5. The van der Waals surface area contributed by atoms with E-state index in [0.29, 0.717) is 29.9 Å². The van der Waals surface area contributed by atoms with Gasteiger partial charge in [-0.2, -0.15) is 0 Å². The van der Waals surface area contributed by atoms with Crippen LogP contribution in [-0.4, -0.2) is 21.9 Å². The minimum Gasteiger partial charge on any atom is -0.353 e. The lowest BCUT2D eigenvalue weighted by Gasteiger charge is -2.21. The van der Waals surface area contributed by atoms with Gasteiger partial charge in [-0.05, 0) is 26.2 Å². The zero-order valence-electron chi connectivity index (χ0n) is 16.1. The van der Waals surface area contributed by atoms with Crippen LogP contribution in [0.5, 0.6) is 0 Å². The first kappa shape index (κ1) is 19.3. The highest BCUT2D eigenvalue weighted by Gasteiger charge is 2.16. The van der Waals surface area contributed by atoms with Gasteiger partial charge in [-0.15, -0.1) is 0 Å². The van der Waals surface area contributed by atoms with Gasteiger partial charge in [0.1, 0.15) is 5.82 Å². The molecular weight excluding hydrogens is 338 g/mol. The molecule has 0 radical (unpaired) electrons. The van der Waals surface area contributed by atoms with Crippen LogP contribution in [0.15, 0.2) is 35.1 Å². The van der Waals surface area contributed by atoms with E-state index in [1.807, 2.05) is 37.3 Å². The number of aromatic nitrogens is 2. The summed E-state index contributed by atoms with van der Waals surface area (Å²) in [6.45, 7) is 1.84. The summed E-state index contributed by atoms with van der Waals surface area (Å²) >= 11 is 0. The highest BCUT2D eigenvalue weighted by Crippen LogP contribution is 2.17. The molecule has 0 atom stereocenters. The second-order valence-corrected chi connectivity index (χ2v) is 7.45. The van der Waals surface area contributed by atoms with Gasteiger partial charge in [-0.3, -0.25) is 9.59 Å². The number of nitrogens with one attached hydrogen (secondary N) is 2. The van der Waals surface area contributed by atoms with E-state index in [1.165, 1.54) is 32.1 Å². The number of benzene rings is 1. The largest absolute Gasteiger partial charge is 0.353 e. The van der Waals surface area contributed by atoms with Crippen LogP contribution in [0.25, 0.3) is 11.4 Å². The van der Waals surface area contributed by atoms with Gasteiger partial charge in [-0.1, -0.05) is 62.4 Å². The summed E-state index contributed by atoms with van der Waals surface area (Å²) in [7, 11) is 0. The highest BCUT2D eigenvalue weighted by molar-refractivity contribution is 5.76. The van der Waals surface area contributed by atoms with Gasteiger partial charge in [0.25, 0.3) is 5.56 Å². The van der Waals surface area contributed by atoms with E-state index in [4.69, 9.17) is 0 Å². The van der Waals surface area contributed by atoms with E-state index < -0.39 is 0 Å². The Kier molecular flexibility index (Phi) is 6.80. The fourth-order valence-electron chi connectivity index (χ4n) is 3.78. The van der Waals surface area contributed by atoms with Crippen molar-refractivity contribution in [1.29, 1.82) is 0 Å². The Morgan fingerprint density at radius 3 is 2.44 bits per heavy atom. The molecule has 1 fully saturated rings. The third-order valence-electron chi connectivity index (χ3n) is 5.34. The molecule has 0 aliphatic heterocycles. The Bertz CT molecular complexity index is 806. The number of aryl methyl sites for hydroxylation is 1. The van der Waals surface area contributed by atoms with E-state index in [2.05, 4.69) is 15.3 Å². The van der Waals surface area contributed by atoms with Gasteiger partial charge >= 0.3 is 0 Å². The zero-order chi connectivity index (χ0) is 19.1. The van der Waals surface area contributed by atoms with Crippen molar-refractivity contribution in [3.63, 3.8) is 0 Å². The summed E-state index contributed by atoms with van der Waals surface area (Å²) < 4.78 is 0. The molecule has 3 rings (SSSR count). The lowest BCUT2D eigenvalue weighted by Crippen LogP contribution is -2.35. The molecule has 0 spiro atoms. The quantitative estimate of drug-likeness (QED) is 0.841. The van der Waals surface area contributed by atoms with Crippen molar-refractivity contribution >= 4 is 5.91 Å². The second kappa shape index (κ2) is 9.49. The van der Waals surface area contributed by atoms with E-state index in [0.717, 1.165) is 18.4 Å². The molecule has 2 N–H and O–H groups in total. The van der Waals surface area contributed by atoms with Crippen molar-refractivity contribution in [2.45, 2.75) is 70.8 Å². The lowest BCUT2D eigenvalue weighted by atomic mass is 9.96. The number of H-pyrrole nitrogens is 1. The Balaban J connectivity index is 1.60. The van der Waals surface area contributed by atoms with E-state index in [9.17, 15) is 9.59 Å².